The summed E-state index contributed by atoms with van der Waals surface area (Å²) in [4.78, 5) is 0. The first-order valence-corrected chi connectivity index (χ1v) is 10.8. The van der Waals surface area contributed by atoms with E-state index in [1.54, 1.807) is 0 Å². The predicted octanol–water partition coefficient (Wildman–Crippen LogP) is -2.06. The second kappa shape index (κ2) is 7.84. The summed E-state index contributed by atoms with van der Waals surface area (Å²) in [5, 5.41) is 0. The zero-order valence-corrected chi connectivity index (χ0v) is 10.0. The van der Waals surface area contributed by atoms with Crippen LogP contribution in [-0.4, -0.2) is 58.7 Å². The number of hydrogen-bond acceptors (Lipinski definition) is 2. The summed E-state index contributed by atoms with van der Waals surface area (Å²) in [5.74, 6) is 0. The molecule has 0 aliphatic heterocycles. The predicted molar refractivity (Wildman–Crippen MR) is 37.7 cm³/mol. The Morgan fingerprint density at radius 1 is 1.64 bits per heavy atom. The zero-order valence-electron chi connectivity index (χ0n) is 4.79. The Morgan fingerprint density at radius 3 is 2.18 bits per heavy atom. The van der Waals surface area contributed by atoms with Crippen molar-refractivity contribution in [3.63, 3.8) is 0 Å². The fourth-order valence-electron chi connectivity index (χ4n) is 0.271. The molecule has 0 aliphatic rings. The van der Waals surface area contributed by atoms with Crippen molar-refractivity contribution in [3.05, 3.63) is 0 Å². The van der Waals surface area contributed by atoms with Crippen LogP contribution in [0.3, 0.4) is 0 Å². The molecule has 0 amide bonds. The third-order valence-electron chi connectivity index (χ3n) is 0.606. The van der Waals surface area contributed by atoms with E-state index in [2.05, 4.69) is 17.6 Å². The van der Waals surface area contributed by atoms with Crippen molar-refractivity contribution >= 4 is 40.2 Å². The average Bonchev–Trinajstić information content (AvgIpc) is 1.80. The van der Waals surface area contributed by atoms with Gasteiger partial charge in [-0.1, -0.05) is 0 Å². The summed E-state index contributed by atoms with van der Waals surface area (Å²) in [6.07, 6.45) is 0. The van der Waals surface area contributed by atoms with E-state index in [9.17, 15) is 4.21 Å². The molecule has 0 bridgehead atoms. The van der Waals surface area contributed by atoms with E-state index in [0.717, 1.165) is 2.71 Å². The van der Waals surface area contributed by atoms with E-state index in [1.165, 1.54) is 0 Å². The molecule has 5 nitrogen and oxygen atoms in total. The maximum absolute atomic E-state index is 10.5. The second-order valence-corrected chi connectivity index (χ2v) is 7.46. The summed E-state index contributed by atoms with van der Waals surface area (Å²) in [5.41, 5.74) is 5.13. The van der Waals surface area contributed by atoms with Crippen LogP contribution >= 0.6 is 0 Å². The van der Waals surface area contributed by atoms with Crippen LogP contribution in [0.1, 0.15) is 0 Å². The number of thiol groups is 1. The molecule has 0 aromatic rings. The Kier molecular flexibility index (Phi) is 11.3. The third-order valence-corrected chi connectivity index (χ3v) is 9.04. The van der Waals surface area contributed by atoms with Crippen LogP contribution in [0.2, 0.25) is 0 Å². The Hall–Kier alpha value is 2.47. The summed E-state index contributed by atoms with van der Waals surface area (Å²) >= 11 is 1.63. The Bertz CT molecular complexity index is 143. The van der Waals surface area contributed by atoms with E-state index in [-0.39, 0.29) is 42.6 Å². The van der Waals surface area contributed by atoms with Crippen LogP contribution in [0.25, 0.3) is 0 Å². The molecule has 0 saturated carbocycles. The van der Waals surface area contributed by atoms with Crippen molar-refractivity contribution in [1.29, 1.82) is 0 Å². The third kappa shape index (κ3) is 7.53. The molecule has 0 aromatic heterocycles. The molecular weight excluding hydrogens is 549 g/mol. The summed E-state index contributed by atoms with van der Waals surface area (Å²) in [6.45, 7) is 0.544. The molecule has 0 unspecified atom stereocenters. The van der Waals surface area contributed by atoms with Crippen molar-refractivity contribution < 1.29 is 47.5 Å². The van der Waals surface area contributed by atoms with Gasteiger partial charge in [0.2, 0.25) is 0 Å². The average molecular weight is 559 g/mol. The number of nitrogens with zero attached hydrogens (tertiary/aromatic N) is 1. The number of nitrogens with two attached hydrogens (primary N) is 1. The van der Waals surface area contributed by atoms with Crippen LogP contribution in [0, 0.1) is 0 Å². The SMILES string of the molecule is NCC[N]([Au][Au])[SH](=O)(O)O.[NaH]. The standard InChI is InChI=1S/C2H9N2O3S.2Au.Na.H/c3-1-2-4-8(5,6)7;;;;/h8H,1-3H2,(H2-,4,5,6,7);;;;/q-1;;+1;;. The monoisotopic (exact) mass is 559 g/mol. The minimum atomic E-state index is -4.01. The molecule has 0 aromatic carbocycles. The van der Waals surface area contributed by atoms with Gasteiger partial charge in [-0.05, 0) is 0 Å². The van der Waals surface area contributed by atoms with Gasteiger partial charge < -0.3 is 0 Å². The Labute approximate surface area is 108 Å². The molecule has 75 valence electrons. The van der Waals surface area contributed by atoms with Gasteiger partial charge in [-0.3, -0.25) is 0 Å². The van der Waals surface area contributed by atoms with E-state index in [4.69, 9.17) is 14.8 Å². The van der Waals surface area contributed by atoms with Crippen LogP contribution in [0.4, 0.5) is 0 Å². The summed E-state index contributed by atoms with van der Waals surface area (Å²) in [6, 6.07) is 0. The van der Waals surface area contributed by atoms with Crippen molar-refractivity contribution in [2.45, 2.75) is 0 Å². The molecule has 0 rings (SSSR count). The van der Waals surface area contributed by atoms with Gasteiger partial charge in [-0.25, -0.2) is 0 Å². The molecule has 0 radical (unpaired) electrons. The van der Waals surface area contributed by atoms with E-state index < -0.39 is 27.3 Å². The topological polar surface area (TPSA) is 86.8 Å². The Morgan fingerprint density at radius 2 is 2.09 bits per heavy atom. The first-order chi connectivity index (χ1) is 4.52. The fourth-order valence-corrected chi connectivity index (χ4v) is 7.01. The summed E-state index contributed by atoms with van der Waals surface area (Å²) in [7, 11) is -4.01. The molecule has 0 spiro atoms. The van der Waals surface area contributed by atoms with Crippen LogP contribution in [0.15, 0.2) is 0 Å². The molecule has 9 heteroatoms. The molecule has 0 atom stereocenters. The van der Waals surface area contributed by atoms with Gasteiger partial charge in [0.15, 0.2) is 0 Å². The van der Waals surface area contributed by atoms with Crippen LogP contribution in [-0.2, 0) is 44.9 Å². The van der Waals surface area contributed by atoms with E-state index >= 15 is 0 Å². The van der Waals surface area contributed by atoms with Crippen LogP contribution < -0.4 is 5.73 Å². The molecule has 0 fully saturated rings. The number of hydrogen-bond donors (Lipinski definition) is 4. The molecule has 11 heavy (non-hydrogen) atoms. The molecule has 0 heterocycles. The second-order valence-electron chi connectivity index (χ2n) is 1.36. The minimum absolute atomic E-state index is 0. The Balaban J connectivity index is 0. The normalized spacial score (nSPS) is 13.3. The van der Waals surface area contributed by atoms with Gasteiger partial charge in [-0.2, -0.15) is 0 Å². The van der Waals surface area contributed by atoms with Crippen LogP contribution in [0.5, 0.6) is 0 Å². The molecule has 0 aliphatic carbocycles. The van der Waals surface area contributed by atoms with Gasteiger partial charge in [0.05, 0.1) is 0 Å². The molecular formula is C2H10Au2N2NaO3S. The van der Waals surface area contributed by atoms with E-state index in [1.807, 2.05) is 0 Å². The van der Waals surface area contributed by atoms with Gasteiger partial charge in [0, 0.05) is 0 Å². The van der Waals surface area contributed by atoms with E-state index in [0.29, 0.717) is 0 Å². The zero-order chi connectivity index (χ0) is 8.20. The molecule has 4 N–H and O–H groups in total. The molecule has 0 saturated heterocycles. The van der Waals surface area contributed by atoms with Crippen molar-refractivity contribution in [2.24, 2.45) is 5.73 Å². The van der Waals surface area contributed by atoms with Crippen molar-refractivity contribution in [3.8, 4) is 0 Å². The quantitative estimate of drug-likeness (QED) is 0.236. The van der Waals surface area contributed by atoms with Gasteiger partial charge in [-0.15, -0.1) is 0 Å². The first-order valence-electron chi connectivity index (χ1n) is 2.23. The van der Waals surface area contributed by atoms with Gasteiger partial charge in [0.1, 0.15) is 0 Å². The fraction of sp³-hybridized carbons (Fsp3) is 1.00. The number of rotatable bonds is 4. The van der Waals surface area contributed by atoms with Crippen molar-refractivity contribution in [2.75, 3.05) is 13.1 Å². The summed E-state index contributed by atoms with van der Waals surface area (Å²) < 4.78 is 28.9. The van der Waals surface area contributed by atoms with Gasteiger partial charge >= 0.3 is 109 Å². The first kappa shape index (κ1) is 15.9. The van der Waals surface area contributed by atoms with Gasteiger partial charge in [0.25, 0.3) is 0 Å². The van der Waals surface area contributed by atoms with Crippen molar-refractivity contribution in [1.82, 2.24) is 2.71 Å². The maximum atomic E-state index is 10.5.